The fourth-order valence-electron chi connectivity index (χ4n) is 3.58. The Hall–Kier alpha value is -1.25. The molecule has 7 heteroatoms. The molecular weight excluding hydrogens is 400 g/mol. The van der Waals surface area contributed by atoms with E-state index in [-0.39, 0.29) is 6.42 Å². The Balaban J connectivity index is 2.07. The van der Waals surface area contributed by atoms with Gasteiger partial charge in [-0.1, -0.05) is 63.3 Å². The maximum atomic E-state index is 12.1. The first-order valence-corrected chi connectivity index (χ1v) is 11.8. The lowest BCUT2D eigenvalue weighted by molar-refractivity contribution is -0.264. The van der Waals surface area contributed by atoms with Gasteiger partial charge in [0.15, 0.2) is 6.10 Å². The van der Waals surface area contributed by atoms with Crippen molar-refractivity contribution in [2.45, 2.75) is 108 Å². The minimum absolute atomic E-state index is 0.141. The second-order valence-electron chi connectivity index (χ2n) is 8.20. The van der Waals surface area contributed by atoms with Crippen LogP contribution in [0.2, 0.25) is 0 Å². The minimum atomic E-state index is -2.01. The highest BCUT2D eigenvalue weighted by atomic mass is 16.8. The Morgan fingerprint density at radius 3 is 2.13 bits per heavy atom. The Morgan fingerprint density at radius 2 is 1.55 bits per heavy atom. The van der Waals surface area contributed by atoms with Crippen molar-refractivity contribution >= 4 is 5.97 Å². The molecule has 180 valence electrons. The van der Waals surface area contributed by atoms with Crippen LogP contribution >= 0.6 is 0 Å². The molecule has 0 spiro atoms. The van der Waals surface area contributed by atoms with Crippen molar-refractivity contribution in [3.8, 4) is 0 Å². The first-order chi connectivity index (χ1) is 15.0. The number of unbranched alkanes of at least 4 members (excludes halogenated alkanes) is 8. The number of hydrogen-bond donors (Lipinski definition) is 4. The van der Waals surface area contributed by atoms with Gasteiger partial charge >= 0.3 is 5.97 Å². The summed E-state index contributed by atoms with van der Waals surface area (Å²) >= 11 is 0. The Labute approximate surface area is 186 Å². The van der Waals surface area contributed by atoms with E-state index in [9.17, 15) is 20.1 Å². The van der Waals surface area contributed by atoms with Gasteiger partial charge in [0.2, 0.25) is 0 Å². The Bertz CT molecular complexity index is 534. The van der Waals surface area contributed by atoms with Gasteiger partial charge < -0.3 is 29.9 Å². The average molecular weight is 443 g/mol. The molecule has 0 aromatic rings. The summed E-state index contributed by atoms with van der Waals surface area (Å²) in [6, 6.07) is 0. The van der Waals surface area contributed by atoms with Crippen LogP contribution in [0.5, 0.6) is 0 Å². The van der Waals surface area contributed by atoms with E-state index >= 15 is 0 Å². The molecule has 4 atom stereocenters. The molecular formula is C24H42O7. The predicted molar refractivity (Wildman–Crippen MR) is 119 cm³/mol. The fraction of sp³-hybridized carbons (Fsp3) is 0.792. The van der Waals surface area contributed by atoms with E-state index in [0.29, 0.717) is 6.42 Å². The molecule has 0 saturated carbocycles. The normalized spacial score (nSPS) is 26.3. The molecule has 1 aliphatic heterocycles. The third-order valence-corrected chi connectivity index (χ3v) is 5.52. The summed E-state index contributed by atoms with van der Waals surface area (Å²) in [6.45, 7) is 0.866. The number of carbonyl (C=O) groups is 1. The zero-order chi connectivity index (χ0) is 23.0. The summed E-state index contributed by atoms with van der Waals surface area (Å²) in [7, 11) is 0. The average Bonchev–Trinajstić information content (AvgIpc) is 3.01. The minimum Gasteiger partial charge on any atom is -0.427 e. The summed E-state index contributed by atoms with van der Waals surface area (Å²) in [6.07, 6.45) is 16.8. The molecule has 0 aromatic carbocycles. The molecule has 0 aromatic heterocycles. The van der Waals surface area contributed by atoms with Crippen molar-refractivity contribution in [1.29, 1.82) is 0 Å². The lowest BCUT2D eigenvalue weighted by Gasteiger charge is -2.29. The zero-order valence-electron chi connectivity index (χ0n) is 19.0. The van der Waals surface area contributed by atoms with Crippen LogP contribution < -0.4 is 0 Å². The smallest absolute Gasteiger partial charge is 0.308 e. The molecule has 7 nitrogen and oxygen atoms in total. The quantitative estimate of drug-likeness (QED) is 0.155. The van der Waals surface area contributed by atoms with Crippen molar-refractivity contribution in [1.82, 2.24) is 0 Å². The molecule has 0 radical (unpaired) electrons. The van der Waals surface area contributed by atoms with Crippen LogP contribution in [0, 0.1) is 0 Å². The van der Waals surface area contributed by atoms with Gasteiger partial charge in [-0.05, 0) is 38.5 Å². The molecule has 1 saturated heterocycles. The van der Waals surface area contributed by atoms with Crippen LogP contribution in [0.3, 0.4) is 0 Å². The van der Waals surface area contributed by atoms with Crippen molar-refractivity contribution < 1.29 is 34.7 Å². The molecule has 4 N–H and O–H groups in total. The van der Waals surface area contributed by atoms with Gasteiger partial charge in [0.25, 0.3) is 5.79 Å². The number of aliphatic hydroxyl groups excluding tert-OH is 4. The number of rotatable bonds is 17. The van der Waals surface area contributed by atoms with Crippen LogP contribution in [0.25, 0.3) is 0 Å². The summed E-state index contributed by atoms with van der Waals surface area (Å²) in [4.78, 5) is 12.1. The van der Waals surface area contributed by atoms with Crippen molar-refractivity contribution in [3.05, 3.63) is 24.3 Å². The monoisotopic (exact) mass is 442 g/mol. The van der Waals surface area contributed by atoms with Crippen LogP contribution in [0.4, 0.5) is 0 Å². The molecule has 0 bridgehead atoms. The second kappa shape index (κ2) is 16.4. The van der Waals surface area contributed by atoms with Crippen LogP contribution in [0.15, 0.2) is 24.3 Å². The van der Waals surface area contributed by atoms with E-state index < -0.39 is 43.3 Å². The maximum Gasteiger partial charge on any atom is 0.308 e. The molecule has 1 unspecified atom stereocenters. The Morgan fingerprint density at radius 1 is 0.935 bits per heavy atom. The van der Waals surface area contributed by atoms with E-state index in [2.05, 4.69) is 31.2 Å². The topological polar surface area (TPSA) is 116 Å². The number of allylic oxidation sites excluding steroid dienone is 4. The van der Waals surface area contributed by atoms with E-state index in [4.69, 9.17) is 14.6 Å². The van der Waals surface area contributed by atoms with E-state index in [0.717, 1.165) is 38.5 Å². The van der Waals surface area contributed by atoms with Gasteiger partial charge in [0.05, 0.1) is 6.61 Å². The van der Waals surface area contributed by atoms with Gasteiger partial charge in [-0.2, -0.15) is 0 Å². The highest BCUT2D eigenvalue weighted by Crippen LogP contribution is 2.32. The number of aliphatic hydroxyl groups is 4. The lowest BCUT2D eigenvalue weighted by atomic mass is 10.1. The van der Waals surface area contributed by atoms with Gasteiger partial charge in [-0.15, -0.1) is 0 Å². The van der Waals surface area contributed by atoms with E-state index in [1.165, 1.54) is 25.7 Å². The molecule has 0 amide bonds. The standard InChI is InChI=1S/C24H42O7/c1-2-3-4-5-6-7-8-9-10-11-12-13-14-15-16-17-21(27)31-24(19-26)23(29)22(28)20(18-25)30-24/h6-7,9-10,20,22-23,25-26,28-29H,2-5,8,11-19H2,1H3/b7-6-,10-9-/t20-,22-,23+,24?/m1/s1. The summed E-state index contributed by atoms with van der Waals surface area (Å²) in [5.41, 5.74) is 0. The van der Waals surface area contributed by atoms with Gasteiger partial charge in [-0.25, -0.2) is 0 Å². The zero-order valence-corrected chi connectivity index (χ0v) is 19.0. The summed E-state index contributed by atoms with van der Waals surface area (Å²) in [5.74, 6) is -2.62. The SMILES string of the molecule is CCCCC/C=C\C/C=C\CCCCCCCC(=O)OC1(CO)O[C@H](CO)[C@@H](O)[C@@H]1O. The second-order valence-corrected chi connectivity index (χ2v) is 8.20. The lowest BCUT2D eigenvalue weighted by Crippen LogP contribution is -2.49. The van der Waals surface area contributed by atoms with Gasteiger partial charge in [-0.3, -0.25) is 4.79 Å². The van der Waals surface area contributed by atoms with Gasteiger partial charge in [0, 0.05) is 6.42 Å². The van der Waals surface area contributed by atoms with E-state index in [1.807, 2.05) is 0 Å². The third kappa shape index (κ3) is 10.3. The number of hydrogen-bond acceptors (Lipinski definition) is 7. The van der Waals surface area contributed by atoms with Gasteiger partial charge in [0.1, 0.15) is 18.8 Å². The van der Waals surface area contributed by atoms with Crippen LogP contribution in [-0.4, -0.2) is 63.7 Å². The number of ether oxygens (including phenoxy) is 2. The molecule has 31 heavy (non-hydrogen) atoms. The summed E-state index contributed by atoms with van der Waals surface area (Å²) in [5, 5.41) is 38.5. The molecule has 1 aliphatic rings. The van der Waals surface area contributed by atoms with Crippen molar-refractivity contribution in [2.24, 2.45) is 0 Å². The third-order valence-electron chi connectivity index (χ3n) is 5.52. The maximum absolute atomic E-state index is 12.1. The molecule has 1 rings (SSSR count). The molecule has 0 aliphatic carbocycles. The molecule has 1 heterocycles. The van der Waals surface area contributed by atoms with E-state index in [1.54, 1.807) is 0 Å². The Kier molecular flexibility index (Phi) is 14.7. The largest absolute Gasteiger partial charge is 0.427 e. The first kappa shape index (κ1) is 27.8. The predicted octanol–water partition coefficient (Wildman–Crippen LogP) is 3.14. The number of esters is 1. The number of carbonyl (C=O) groups excluding carboxylic acids is 1. The molecule has 1 fully saturated rings. The summed E-state index contributed by atoms with van der Waals surface area (Å²) < 4.78 is 10.4. The van der Waals surface area contributed by atoms with Crippen molar-refractivity contribution in [3.63, 3.8) is 0 Å². The van der Waals surface area contributed by atoms with Crippen molar-refractivity contribution in [2.75, 3.05) is 13.2 Å². The first-order valence-electron chi connectivity index (χ1n) is 11.8. The highest BCUT2D eigenvalue weighted by Gasteiger charge is 2.56. The van der Waals surface area contributed by atoms with Crippen LogP contribution in [0.1, 0.15) is 84.0 Å². The fourth-order valence-corrected chi connectivity index (χ4v) is 3.58. The van der Waals surface area contributed by atoms with Crippen LogP contribution in [-0.2, 0) is 14.3 Å². The highest BCUT2D eigenvalue weighted by molar-refractivity contribution is 5.69.